The average molecular weight is 547 g/mol. The van der Waals surface area contributed by atoms with E-state index in [0.29, 0.717) is 11.7 Å². The lowest BCUT2D eigenvalue weighted by atomic mass is 9.97. The second-order valence-corrected chi connectivity index (χ2v) is 11.9. The molecule has 10 nitrogen and oxygen atoms in total. The maximum Gasteiger partial charge on any atom is 0.281 e. The molecule has 3 aromatic heterocycles. The maximum atomic E-state index is 13.2. The standard InChI is InChI=1S/C28H30N6O4S/c1-20-17-28(2,3)33(18-20)26-23(7-5-14-29-26)27(35)32-39(36,37)25-9-4-8-24(31-25)38-19-21-10-12-22(13-11-21)34-16-6-15-30-34/h4-16,20H,17-19H2,1-3H3,(H,32,35). The number of hydrogen-bond donors (Lipinski definition) is 1. The Balaban J connectivity index is 1.28. The van der Waals surface area contributed by atoms with Crippen LogP contribution in [-0.4, -0.2) is 46.2 Å². The molecule has 0 spiro atoms. The number of nitrogens with zero attached hydrogens (tertiary/aromatic N) is 5. The van der Waals surface area contributed by atoms with Crippen LogP contribution in [0.4, 0.5) is 5.82 Å². The molecule has 1 amide bonds. The first-order valence-electron chi connectivity index (χ1n) is 12.6. The summed E-state index contributed by atoms with van der Waals surface area (Å²) in [5.74, 6) is 0.237. The van der Waals surface area contributed by atoms with Crippen LogP contribution in [0, 0.1) is 5.92 Å². The van der Waals surface area contributed by atoms with Gasteiger partial charge in [-0.15, -0.1) is 0 Å². The first-order valence-corrected chi connectivity index (χ1v) is 14.1. The Kier molecular flexibility index (Phi) is 7.09. The van der Waals surface area contributed by atoms with Gasteiger partial charge in [-0.1, -0.05) is 25.1 Å². The van der Waals surface area contributed by atoms with Gasteiger partial charge in [-0.05, 0) is 68.1 Å². The molecular formula is C28H30N6O4S. The predicted octanol–water partition coefficient (Wildman–Crippen LogP) is 3.98. The minimum absolute atomic E-state index is 0.122. The van der Waals surface area contributed by atoms with Crippen molar-refractivity contribution in [2.75, 3.05) is 11.4 Å². The van der Waals surface area contributed by atoms with E-state index in [2.05, 4.69) is 45.5 Å². The van der Waals surface area contributed by atoms with E-state index in [9.17, 15) is 13.2 Å². The number of ether oxygens (including phenoxy) is 1. The van der Waals surface area contributed by atoms with E-state index in [1.54, 1.807) is 35.3 Å². The zero-order valence-corrected chi connectivity index (χ0v) is 22.8. The van der Waals surface area contributed by atoms with Crippen LogP contribution in [0.25, 0.3) is 5.69 Å². The van der Waals surface area contributed by atoms with Crippen molar-refractivity contribution in [2.24, 2.45) is 5.92 Å². The molecule has 1 saturated heterocycles. The Morgan fingerprint density at radius 2 is 1.87 bits per heavy atom. The van der Waals surface area contributed by atoms with E-state index in [-0.39, 0.29) is 28.6 Å². The van der Waals surface area contributed by atoms with Crippen molar-refractivity contribution in [3.05, 3.63) is 90.4 Å². The van der Waals surface area contributed by atoms with Crippen molar-refractivity contribution in [1.29, 1.82) is 0 Å². The van der Waals surface area contributed by atoms with Gasteiger partial charge in [0.15, 0.2) is 5.03 Å². The normalized spacial score (nSPS) is 16.7. The summed E-state index contributed by atoms with van der Waals surface area (Å²) >= 11 is 0. The third-order valence-electron chi connectivity index (χ3n) is 6.65. The molecule has 0 radical (unpaired) electrons. The van der Waals surface area contributed by atoms with Crippen molar-refractivity contribution in [3.63, 3.8) is 0 Å². The number of benzene rings is 1. The monoisotopic (exact) mass is 546 g/mol. The number of amides is 1. The van der Waals surface area contributed by atoms with E-state index in [1.807, 2.05) is 36.5 Å². The van der Waals surface area contributed by atoms with Crippen LogP contribution in [0.5, 0.6) is 5.88 Å². The summed E-state index contributed by atoms with van der Waals surface area (Å²) in [6.45, 7) is 7.24. The van der Waals surface area contributed by atoms with Crippen molar-refractivity contribution >= 4 is 21.7 Å². The highest BCUT2D eigenvalue weighted by molar-refractivity contribution is 7.90. The second-order valence-electron chi connectivity index (χ2n) is 10.3. The molecule has 1 aliphatic rings. The minimum atomic E-state index is -4.27. The molecule has 0 saturated carbocycles. The van der Waals surface area contributed by atoms with Crippen molar-refractivity contribution < 1.29 is 17.9 Å². The Morgan fingerprint density at radius 3 is 2.56 bits per heavy atom. The summed E-state index contributed by atoms with van der Waals surface area (Å²) in [6.07, 6.45) is 6.10. The first kappa shape index (κ1) is 26.4. The van der Waals surface area contributed by atoms with Gasteiger partial charge in [0.2, 0.25) is 5.88 Å². The van der Waals surface area contributed by atoms with E-state index in [4.69, 9.17) is 4.74 Å². The second kappa shape index (κ2) is 10.5. The molecule has 202 valence electrons. The summed E-state index contributed by atoms with van der Waals surface area (Å²) < 4.78 is 35.9. The molecule has 1 atom stereocenters. The molecule has 4 aromatic rings. The van der Waals surface area contributed by atoms with Crippen LogP contribution in [0.1, 0.15) is 43.1 Å². The van der Waals surface area contributed by atoms with Gasteiger partial charge in [-0.25, -0.2) is 14.4 Å². The molecule has 1 aliphatic heterocycles. The van der Waals surface area contributed by atoms with Crippen LogP contribution in [0.15, 0.2) is 84.3 Å². The summed E-state index contributed by atoms with van der Waals surface area (Å²) in [5.41, 5.74) is 1.76. The minimum Gasteiger partial charge on any atom is -0.473 e. The molecule has 5 rings (SSSR count). The smallest absolute Gasteiger partial charge is 0.281 e. The molecule has 0 bridgehead atoms. The van der Waals surface area contributed by atoms with Gasteiger partial charge in [0.05, 0.1) is 11.3 Å². The fraction of sp³-hybridized carbons (Fsp3) is 0.286. The van der Waals surface area contributed by atoms with Crippen LogP contribution in [0.2, 0.25) is 0 Å². The van der Waals surface area contributed by atoms with Crippen LogP contribution < -0.4 is 14.4 Å². The fourth-order valence-electron chi connectivity index (χ4n) is 4.93. The molecule has 1 fully saturated rings. The number of anilines is 1. The van der Waals surface area contributed by atoms with Crippen LogP contribution in [0.3, 0.4) is 0 Å². The number of carbonyl (C=O) groups excluding carboxylic acids is 1. The highest BCUT2D eigenvalue weighted by atomic mass is 32.2. The van der Waals surface area contributed by atoms with E-state index in [0.717, 1.165) is 24.2 Å². The average Bonchev–Trinajstić information content (AvgIpc) is 3.55. The third kappa shape index (κ3) is 5.78. The molecule has 4 heterocycles. The predicted molar refractivity (Wildman–Crippen MR) is 146 cm³/mol. The highest BCUT2D eigenvalue weighted by Gasteiger charge is 2.39. The molecule has 1 N–H and O–H groups in total. The van der Waals surface area contributed by atoms with Gasteiger partial charge in [-0.3, -0.25) is 4.79 Å². The van der Waals surface area contributed by atoms with Crippen molar-refractivity contribution in [2.45, 2.75) is 44.4 Å². The topological polar surface area (TPSA) is 119 Å². The SMILES string of the molecule is CC1CN(c2ncccc2C(=O)NS(=O)(=O)c2cccc(OCc3ccc(-n4cccn4)cc3)n2)C(C)(C)C1. The third-order valence-corrected chi connectivity index (χ3v) is 7.88. The summed E-state index contributed by atoms with van der Waals surface area (Å²) in [7, 11) is -4.27. The number of aromatic nitrogens is 4. The maximum absolute atomic E-state index is 13.2. The van der Waals surface area contributed by atoms with Gasteiger partial charge < -0.3 is 9.64 Å². The van der Waals surface area contributed by atoms with Gasteiger partial charge in [0, 0.05) is 36.7 Å². The fourth-order valence-corrected chi connectivity index (χ4v) is 5.85. The number of carbonyl (C=O) groups is 1. The number of pyridine rings is 2. The van der Waals surface area contributed by atoms with Crippen molar-refractivity contribution in [1.82, 2.24) is 24.5 Å². The summed E-state index contributed by atoms with van der Waals surface area (Å²) in [6, 6.07) is 17.0. The molecule has 0 aliphatic carbocycles. The number of hydrogen-bond acceptors (Lipinski definition) is 8. The number of nitrogens with one attached hydrogen (secondary N) is 1. The zero-order valence-electron chi connectivity index (χ0n) is 22.0. The summed E-state index contributed by atoms with van der Waals surface area (Å²) in [4.78, 5) is 23.8. The zero-order chi connectivity index (χ0) is 27.6. The quantitative estimate of drug-likeness (QED) is 0.352. The molecule has 39 heavy (non-hydrogen) atoms. The number of sulfonamides is 1. The molecule has 11 heteroatoms. The lowest BCUT2D eigenvalue weighted by Gasteiger charge is -2.33. The Labute approximate surface area is 227 Å². The van der Waals surface area contributed by atoms with Crippen LogP contribution >= 0.6 is 0 Å². The summed E-state index contributed by atoms with van der Waals surface area (Å²) in [5, 5.41) is 3.88. The molecule has 1 unspecified atom stereocenters. The van der Waals surface area contributed by atoms with E-state index in [1.165, 1.54) is 12.1 Å². The highest BCUT2D eigenvalue weighted by Crippen LogP contribution is 2.37. The lowest BCUT2D eigenvalue weighted by Crippen LogP contribution is -2.41. The largest absolute Gasteiger partial charge is 0.473 e. The van der Waals surface area contributed by atoms with Crippen molar-refractivity contribution in [3.8, 4) is 11.6 Å². The van der Waals surface area contributed by atoms with Gasteiger partial charge in [0.1, 0.15) is 12.4 Å². The van der Waals surface area contributed by atoms with Crippen LogP contribution in [-0.2, 0) is 16.6 Å². The van der Waals surface area contributed by atoms with Gasteiger partial charge in [0.25, 0.3) is 15.9 Å². The van der Waals surface area contributed by atoms with E-state index >= 15 is 0 Å². The Morgan fingerprint density at radius 1 is 1.08 bits per heavy atom. The molecule has 1 aromatic carbocycles. The van der Waals surface area contributed by atoms with Gasteiger partial charge >= 0.3 is 0 Å². The Hall–Kier alpha value is -4.25. The lowest BCUT2D eigenvalue weighted by molar-refractivity contribution is 0.0981. The van der Waals surface area contributed by atoms with E-state index < -0.39 is 15.9 Å². The number of rotatable bonds is 8. The molecular weight excluding hydrogens is 516 g/mol. The Bertz CT molecular complexity index is 1570. The first-order chi connectivity index (χ1) is 18.6. The van der Waals surface area contributed by atoms with Gasteiger partial charge in [-0.2, -0.15) is 18.5 Å².